The van der Waals surface area contributed by atoms with Gasteiger partial charge in [-0.1, -0.05) is 6.07 Å². The summed E-state index contributed by atoms with van der Waals surface area (Å²) < 4.78 is 32.1. The fourth-order valence-electron chi connectivity index (χ4n) is 2.73. The van der Waals surface area contributed by atoms with Crippen molar-refractivity contribution in [3.63, 3.8) is 0 Å². The van der Waals surface area contributed by atoms with Crippen LogP contribution in [-0.2, 0) is 4.74 Å². The van der Waals surface area contributed by atoms with Crippen LogP contribution < -0.4 is 5.32 Å². The Balaban J connectivity index is 1.77. The number of rotatable bonds is 3. The zero-order valence-electron chi connectivity index (χ0n) is 12.7. The Morgan fingerprint density at radius 1 is 1.35 bits per heavy atom. The Kier molecular flexibility index (Phi) is 4.41. The second-order valence-corrected chi connectivity index (χ2v) is 6.68. The van der Waals surface area contributed by atoms with E-state index < -0.39 is 17.7 Å². The van der Waals surface area contributed by atoms with Gasteiger partial charge in [0.15, 0.2) is 11.6 Å². The van der Waals surface area contributed by atoms with E-state index >= 15 is 0 Å². The van der Waals surface area contributed by atoms with E-state index in [1.165, 1.54) is 17.4 Å². The van der Waals surface area contributed by atoms with Crippen molar-refractivity contribution in [2.75, 3.05) is 6.61 Å². The summed E-state index contributed by atoms with van der Waals surface area (Å²) in [6, 6.07) is 3.39. The lowest BCUT2D eigenvalue weighted by molar-refractivity contribution is 0.0822. The van der Waals surface area contributed by atoms with Crippen molar-refractivity contribution in [1.82, 2.24) is 10.3 Å². The van der Waals surface area contributed by atoms with Gasteiger partial charge >= 0.3 is 0 Å². The third-order valence-electron chi connectivity index (χ3n) is 3.79. The number of amides is 1. The maximum atomic E-state index is 13.4. The zero-order valence-corrected chi connectivity index (χ0v) is 13.5. The molecule has 3 rings (SSSR count). The Labute approximate surface area is 136 Å². The molecule has 1 amide bonds. The summed E-state index contributed by atoms with van der Waals surface area (Å²) in [5.41, 5.74) is 1.21. The SMILES string of the molecule is Cc1nc(C)c(C(=O)N[C@@H]2CCO[C@H]2c2ccc(F)c(F)c2)s1. The molecule has 0 radical (unpaired) electrons. The van der Waals surface area contributed by atoms with Crippen LogP contribution in [0.1, 0.15) is 38.5 Å². The number of carbonyl (C=O) groups excluding carboxylic acids is 1. The van der Waals surface area contributed by atoms with Crippen molar-refractivity contribution in [3.05, 3.63) is 51.0 Å². The van der Waals surface area contributed by atoms with Gasteiger partial charge in [-0.25, -0.2) is 13.8 Å². The lowest BCUT2D eigenvalue weighted by Gasteiger charge is -2.20. The second-order valence-electron chi connectivity index (χ2n) is 5.48. The minimum absolute atomic E-state index is 0.212. The molecule has 0 spiro atoms. The molecular formula is C16H16F2N2O2S. The Morgan fingerprint density at radius 2 is 2.13 bits per heavy atom. The molecule has 1 aromatic carbocycles. The summed E-state index contributed by atoms with van der Waals surface area (Å²) in [7, 11) is 0. The molecular weight excluding hydrogens is 322 g/mol. The highest BCUT2D eigenvalue weighted by molar-refractivity contribution is 7.13. The normalized spacial score (nSPS) is 20.7. The molecule has 1 aliphatic rings. The average molecular weight is 338 g/mol. The standard InChI is InChI=1S/C16H16F2N2O2S/c1-8-15(23-9(2)19-8)16(21)20-13-5-6-22-14(13)10-3-4-11(17)12(18)7-10/h3-4,7,13-14H,5-6H2,1-2H3,(H,20,21)/t13-,14+/m1/s1. The average Bonchev–Trinajstić information content (AvgIpc) is 3.08. The monoisotopic (exact) mass is 338 g/mol. The van der Waals surface area contributed by atoms with Gasteiger partial charge in [-0.15, -0.1) is 11.3 Å². The summed E-state index contributed by atoms with van der Waals surface area (Å²) in [5, 5.41) is 3.75. The maximum Gasteiger partial charge on any atom is 0.263 e. The predicted octanol–water partition coefficient (Wildman–Crippen LogP) is 3.30. The number of ether oxygens (including phenoxy) is 1. The quantitative estimate of drug-likeness (QED) is 0.934. The van der Waals surface area contributed by atoms with Crippen LogP contribution in [0.3, 0.4) is 0 Å². The summed E-state index contributed by atoms with van der Waals surface area (Å²) in [6.45, 7) is 4.09. The second kappa shape index (κ2) is 6.33. The minimum atomic E-state index is -0.919. The summed E-state index contributed by atoms with van der Waals surface area (Å²) in [4.78, 5) is 17.2. The van der Waals surface area contributed by atoms with E-state index in [2.05, 4.69) is 10.3 Å². The van der Waals surface area contributed by atoms with Gasteiger partial charge in [0.2, 0.25) is 0 Å². The maximum absolute atomic E-state index is 13.4. The van der Waals surface area contributed by atoms with Gasteiger partial charge in [-0.3, -0.25) is 4.79 Å². The molecule has 1 saturated heterocycles. The Morgan fingerprint density at radius 3 is 2.78 bits per heavy atom. The van der Waals surface area contributed by atoms with E-state index in [4.69, 9.17) is 4.74 Å². The molecule has 1 fully saturated rings. The van der Waals surface area contributed by atoms with Crippen LogP contribution in [0, 0.1) is 25.5 Å². The first-order chi connectivity index (χ1) is 11.0. The van der Waals surface area contributed by atoms with Crippen molar-refractivity contribution in [2.24, 2.45) is 0 Å². The highest BCUT2D eigenvalue weighted by atomic mass is 32.1. The van der Waals surface area contributed by atoms with E-state index in [0.717, 1.165) is 17.1 Å². The van der Waals surface area contributed by atoms with Crippen molar-refractivity contribution in [1.29, 1.82) is 0 Å². The van der Waals surface area contributed by atoms with Crippen LogP contribution in [0.25, 0.3) is 0 Å². The van der Waals surface area contributed by atoms with Crippen LogP contribution in [-0.4, -0.2) is 23.5 Å². The number of aromatic nitrogens is 1. The number of halogens is 2. The third kappa shape index (κ3) is 3.25. The Bertz CT molecular complexity index is 748. The molecule has 122 valence electrons. The van der Waals surface area contributed by atoms with Crippen LogP contribution >= 0.6 is 11.3 Å². The highest BCUT2D eigenvalue weighted by Gasteiger charge is 2.32. The zero-order chi connectivity index (χ0) is 16.6. The van der Waals surface area contributed by atoms with E-state index in [0.29, 0.717) is 29.2 Å². The van der Waals surface area contributed by atoms with Gasteiger partial charge in [0.05, 0.1) is 16.7 Å². The van der Waals surface area contributed by atoms with Crippen molar-refractivity contribution < 1.29 is 18.3 Å². The van der Waals surface area contributed by atoms with E-state index in [-0.39, 0.29) is 11.9 Å². The number of carbonyl (C=O) groups is 1. The van der Waals surface area contributed by atoms with E-state index in [9.17, 15) is 13.6 Å². The lowest BCUT2D eigenvalue weighted by atomic mass is 10.0. The van der Waals surface area contributed by atoms with Crippen molar-refractivity contribution in [3.8, 4) is 0 Å². The van der Waals surface area contributed by atoms with Gasteiger partial charge in [0.1, 0.15) is 11.0 Å². The lowest BCUT2D eigenvalue weighted by Crippen LogP contribution is -2.36. The van der Waals surface area contributed by atoms with E-state index in [1.54, 1.807) is 6.92 Å². The first kappa shape index (κ1) is 16.0. The molecule has 2 aromatic rings. The molecule has 4 nitrogen and oxygen atoms in total. The first-order valence-electron chi connectivity index (χ1n) is 7.27. The Hall–Kier alpha value is -1.86. The largest absolute Gasteiger partial charge is 0.371 e. The highest BCUT2D eigenvalue weighted by Crippen LogP contribution is 2.30. The number of hydrogen-bond acceptors (Lipinski definition) is 4. The summed E-state index contributed by atoms with van der Waals surface area (Å²) in [6.07, 6.45) is 0.134. The molecule has 0 aliphatic carbocycles. The smallest absolute Gasteiger partial charge is 0.263 e. The van der Waals surface area contributed by atoms with Crippen LogP contribution in [0.2, 0.25) is 0 Å². The number of nitrogens with zero attached hydrogens (tertiary/aromatic N) is 1. The molecule has 0 unspecified atom stereocenters. The molecule has 23 heavy (non-hydrogen) atoms. The number of aryl methyl sites for hydroxylation is 2. The first-order valence-corrected chi connectivity index (χ1v) is 8.09. The number of thiazole rings is 1. The van der Waals surface area contributed by atoms with Gasteiger partial charge in [0, 0.05) is 6.61 Å². The summed E-state index contributed by atoms with van der Waals surface area (Å²) >= 11 is 1.33. The minimum Gasteiger partial charge on any atom is -0.371 e. The van der Waals surface area contributed by atoms with Gasteiger partial charge < -0.3 is 10.1 Å². The van der Waals surface area contributed by atoms with Crippen molar-refractivity contribution in [2.45, 2.75) is 32.4 Å². The van der Waals surface area contributed by atoms with Gasteiger partial charge in [-0.05, 0) is 38.0 Å². The molecule has 1 aliphatic heterocycles. The summed E-state index contributed by atoms with van der Waals surface area (Å²) in [5.74, 6) is -2.03. The molecule has 0 bridgehead atoms. The van der Waals surface area contributed by atoms with Gasteiger partial charge in [-0.2, -0.15) is 0 Å². The van der Waals surface area contributed by atoms with Crippen LogP contribution in [0.15, 0.2) is 18.2 Å². The van der Waals surface area contributed by atoms with Crippen LogP contribution in [0.4, 0.5) is 8.78 Å². The van der Waals surface area contributed by atoms with Crippen LogP contribution in [0.5, 0.6) is 0 Å². The fraction of sp³-hybridized carbons (Fsp3) is 0.375. The molecule has 1 N–H and O–H groups in total. The fourth-order valence-corrected chi connectivity index (χ4v) is 3.55. The molecule has 2 atom stereocenters. The van der Waals surface area contributed by atoms with Gasteiger partial charge in [0.25, 0.3) is 5.91 Å². The number of hydrogen-bond donors (Lipinski definition) is 1. The van der Waals surface area contributed by atoms with E-state index in [1.807, 2.05) is 6.92 Å². The predicted molar refractivity (Wildman–Crippen MR) is 82.5 cm³/mol. The molecule has 0 saturated carbocycles. The molecule has 1 aromatic heterocycles. The molecule has 2 heterocycles. The third-order valence-corrected chi connectivity index (χ3v) is 4.86. The molecule has 7 heteroatoms. The number of benzene rings is 1. The van der Waals surface area contributed by atoms with Crippen molar-refractivity contribution >= 4 is 17.2 Å². The number of nitrogens with one attached hydrogen (secondary N) is 1. The topological polar surface area (TPSA) is 51.2 Å².